The van der Waals surface area contributed by atoms with Crippen molar-refractivity contribution in [1.29, 1.82) is 0 Å². The van der Waals surface area contributed by atoms with Crippen molar-refractivity contribution in [3.63, 3.8) is 0 Å². The molecule has 5 heteroatoms. The summed E-state index contributed by atoms with van der Waals surface area (Å²) in [5, 5.41) is 5.96. The van der Waals surface area contributed by atoms with Crippen LogP contribution in [0.1, 0.15) is 73.6 Å². The van der Waals surface area contributed by atoms with Crippen LogP contribution < -0.4 is 10.6 Å². The SMILES string of the molecule is CCCC(C)CC(=O)NC(C)(CNC(=O)OC(C)(C)C)C1CC1. The van der Waals surface area contributed by atoms with E-state index in [0.29, 0.717) is 24.8 Å². The molecule has 0 aromatic rings. The molecule has 2 N–H and O–H groups in total. The van der Waals surface area contributed by atoms with Gasteiger partial charge in [-0.2, -0.15) is 0 Å². The van der Waals surface area contributed by atoms with Crippen molar-refractivity contribution in [2.24, 2.45) is 11.8 Å². The lowest BCUT2D eigenvalue weighted by Gasteiger charge is -2.32. The Morgan fingerprint density at radius 3 is 2.30 bits per heavy atom. The number of amides is 2. The van der Waals surface area contributed by atoms with E-state index in [0.717, 1.165) is 25.7 Å². The quantitative estimate of drug-likeness (QED) is 0.716. The third kappa shape index (κ3) is 7.71. The van der Waals surface area contributed by atoms with Crippen molar-refractivity contribution in [3.8, 4) is 0 Å². The molecule has 0 bridgehead atoms. The van der Waals surface area contributed by atoms with E-state index in [1.54, 1.807) is 0 Å². The molecule has 0 heterocycles. The van der Waals surface area contributed by atoms with E-state index in [1.807, 2.05) is 27.7 Å². The van der Waals surface area contributed by atoms with Gasteiger partial charge in [0.05, 0.1) is 5.54 Å². The Hall–Kier alpha value is -1.26. The Bertz CT molecular complexity index is 413. The Labute approximate surface area is 140 Å². The fourth-order valence-corrected chi connectivity index (χ4v) is 2.86. The van der Waals surface area contributed by atoms with E-state index < -0.39 is 11.7 Å². The maximum Gasteiger partial charge on any atom is 0.407 e. The Morgan fingerprint density at radius 2 is 1.83 bits per heavy atom. The van der Waals surface area contributed by atoms with Crippen molar-refractivity contribution in [3.05, 3.63) is 0 Å². The smallest absolute Gasteiger partial charge is 0.407 e. The van der Waals surface area contributed by atoms with Gasteiger partial charge in [-0.3, -0.25) is 4.79 Å². The standard InChI is InChI=1S/C18H34N2O3/c1-7-8-13(2)11-15(21)20-18(6,14-9-10-14)12-19-16(22)23-17(3,4)5/h13-14H,7-12H2,1-6H3,(H,19,22)(H,20,21). The van der Waals surface area contributed by atoms with Crippen molar-refractivity contribution in [2.45, 2.75) is 84.8 Å². The van der Waals surface area contributed by atoms with Crippen LogP contribution in [0.25, 0.3) is 0 Å². The van der Waals surface area contributed by atoms with Gasteiger partial charge >= 0.3 is 6.09 Å². The lowest BCUT2D eigenvalue weighted by molar-refractivity contribution is -0.124. The van der Waals surface area contributed by atoms with Gasteiger partial charge in [-0.25, -0.2) is 4.79 Å². The summed E-state index contributed by atoms with van der Waals surface area (Å²) in [6.45, 7) is 12.2. The molecule has 134 valence electrons. The predicted molar refractivity (Wildman–Crippen MR) is 92.2 cm³/mol. The molecule has 0 aromatic carbocycles. The number of nitrogens with one attached hydrogen (secondary N) is 2. The van der Waals surface area contributed by atoms with Gasteiger partial charge in [0.1, 0.15) is 5.60 Å². The van der Waals surface area contributed by atoms with Crippen molar-refractivity contribution < 1.29 is 14.3 Å². The first kappa shape index (κ1) is 19.8. The van der Waals surface area contributed by atoms with E-state index in [1.165, 1.54) is 0 Å². The molecule has 2 amide bonds. The van der Waals surface area contributed by atoms with Crippen LogP contribution in [-0.2, 0) is 9.53 Å². The Balaban J connectivity index is 2.52. The predicted octanol–water partition coefficient (Wildman–Crippen LogP) is 3.62. The summed E-state index contributed by atoms with van der Waals surface area (Å²) in [5.74, 6) is 0.900. The Morgan fingerprint density at radius 1 is 1.22 bits per heavy atom. The minimum Gasteiger partial charge on any atom is -0.444 e. The lowest BCUT2D eigenvalue weighted by atomic mass is 9.94. The number of hydrogen-bond acceptors (Lipinski definition) is 3. The largest absolute Gasteiger partial charge is 0.444 e. The number of carbonyl (C=O) groups excluding carboxylic acids is 2. The van der Waals surface area contributed by atoms with Crippen LogP contribution in [0.2, 0.25) is 0 Å². The first-order valence-electron chi connectivity index (χ1n) is 8.83. The molecule has 1 aliphatic rings. The zero-order chi connectivity index (χ0) is 17.7. The van der Waals surface area contributed by atoms with Crippen LogP contribution in [0.4, 0.5) is 4.79 Å². The average Bonchev–Trinajstić information content (AvgIpc) is 3.18. The highest BCUT2D eigenvalue weighted by Gasteiger charge is 2.43. The van der Waals surface area contributed by atoms with Crippen molar-refractivity contribution >= 4 is 12.0 Å². The second-order valence-corrected chi connectivity index (χ2v) is 8.19. The van der Waals surface area contributed by atoms with Crippen LogP contribution in [0.3, 0.4) is 0 Å². The van der Waals surface area contributed by atoms with E-state index in [4.69, 9.17) is 4.74 Å². The molecule has 0 spiro atoms. The third-order valence-electron chi connectivity index (χ3n) is 4.22. The first-order chi connectivity index (χ1) is 10.6. The summed E-state index contributed by atoms with van der Waals surface area (Å²) in [6, 6.07) is 0. The number of ether oxygens (including phenoxy) is 1. The fourth-order valence-electron chi connectivity index (χ4n) is 2.86. The van der Waals surface area contributed by atoms with Gasteiger partial charge in [0, 0.05) is 13.0 Å². The zero-order valence-corrected chi connectivity index (χ0v) is 15.6. The molecule has 1 aliphatic carbocycles. The summed E-state index contributed by atoms with van der Waals surface area (Å²) >= 11 is 0. The number of hydrogen-bond donors (Lipinski definition) is 2. The highest BCUT2D eigenvalue weighted by molar-refractivity contribution is 5.77. The summed E-state index contributed by atoms with van der Waals surface area (Å²) in [7, 11) is 0. The molecule has 1 fully saturated rings. The van der Waals surface area contributed by atoms with E-state index in [-0.39, 0.29) is 11.4 Å². The monoisotopic (exact) mass is 326 g/mol. The normalized spacial score (nSPS) is 18.7. The van der Waals surface area contributed by atoms with E-state index in [2.05, 4.69) is 24.5 Å². The molecular weight excluding hydrogens is 292 g/mol. The summed E-state index contributed by atoms with van der Waals surface area (Å²) in [6.07, 6.45) is 4.45. The first-order valence-corrected chi connectivity index (χ1v) is 8.83. The van der Waals surface area contributed by atoms with Crippen LogP contribution in [-0.4, -0.2) is 29.7 Å². The van der Waals surface area contributed by atoms with Gasteiger partial charge in [-0.1, -0.05) is 26.7 Å². The van der Waals surface area contributed by atoms with Gasteiger partial charge in [0.15, 0.2) is 0 Å². The molecule has 1 saturated carbocycles. The van der Waals surface area contributed by atoms with Gasteiger partial charge < -0.3 is 15.4 Å². The molecule has 23 heavy (non-hydrogen) atoms. The lowest BCUT2D eigenvalue weighted by Crippen LogP contribution is -2.55. The Kier molecular flexibility index (Phi) is 6.90. The highest BCUT2D eigenvalue weighted by Crippen LogP contribution is 2.39. The second-order valence-electron chi connectivity index (χ2n) is 8.19. The summed E-state index contributed by atoms with van der Waals surface area (Å²) in [5.41, 5.74) is -0.904. The maximum atomic E-state index is 12.3. The van der Waals surface area contributed by atoms with Gasteiger partial charge in [-0.05, 0) is 52.4 Å². The fraction of sp³-hybridized carbons (Fsp3) is 0.889. The minimum absolute atomic E-state index is 0.0753. The number of carbonyl (C=O) groups is 2. The molecule has 2 atom stereocenters. The molecule has 2 unspecified atom stereocenters. The van der Waals surface area contributed by atoms with Gasteiger partial charge in [0.2, 0.25) is 5.91 Å². The van der Waals surface area contributed by atoms with Crippen molar-refractivity contribution in [2.75, 3.05) is 6.54 Å². The van der Waals surface area contributed by atoms with Crippen LogP contribution in [0, 0.1) is 11.8 Å². The molecular formula is C18H34N2O3. The van der Waals surface area contributed by atoms with Crippen LogP contribution >= 0.6 is 0 Å². The van der Waals surface area contributed by atoms with Crippen LogP contribution in [0.15, 0.2) is 0 Å². The molecule has 5 nitrogen and oxygen atoms in total. The molecule has 0 radical (unpaired) electrons. The summed E-state index contributed by atoms with van der Waals surface area (Å²) < 4.78 is 5.27. The van der Waals surface area contributed by atoms with E-state index >= 15 is 0 Å². The molecule has 0 saturated heterocycles. The van der Waals surface area contributed by atoms with Crippen LogP contribution in [0.5, 0.6) is 0 Å². The average molecular weight is 326 g/mol. The molecule has 0 aliphatic heterocycles. The molecule has 1 rings (SSSR count). The van der Waals surface area contributed by atoms with Gasteiger partial charge in [-0.15, -0.1) is 0 Å². The maximum absolute atomic E-state index is 12.3. The highest BCUT2D eigenvalue weighted by atomic mass is 16.6. The third-order valence-corrected chi connectivity index (χ3v) is 4.22. The van der Waals surface area contributed by atoms with Gasteiger partial charge in [0.25, 0.3) is 0 Å². The van der Waals surface area contributed by atoms with E-state index in [9.17, 15) is 9.59 Å². The number of rotatable bonds is 8. The molecule has 0 aromatic heterocycles. The topological polar surface area (TPSA) is 67.4 Å². The second kappa shape index (κ2) is 8.02. The zero-order valence-electron chi connectivity index (χ0n) is 15.6. The minimum atomic E-state index is -0.515. The summed E-state index contributed by atoms with van der Waals surface area (Å²) in [4.78, 5) is 24.1. The number of alkyl carbamates (subject to hydrolysis) is 1. The van der Waals surface area contributed by atoms with Crippen molar-refractivity contribution in [1.82, 2.24) is 10.6 Å².